The molecule has 3 saturated heterocycles. The standard InChI is InChI=1S/C16H19F4N3O6/c17-15(18,11(26)7-5-9(24)21-7)14(28)29-12(8-6-10(25)22-8)16(19,20)13(27)23-3-1-2-4-23/h7-8,11-12,26H,1-6H2,(H,21,24)(H,22,25)/t7-,8+,11-,12+/m0/s1. The van der Waals surface area contributed by atoms with Crippen molar-refractivity contribution in [1.29, 1.82) is 0 Å². The first-order valence-corrected chi connectivity index (χ1v) is 8.97. The minimum atomic E-state index is -4.63. The molecule has 29 heavy (non-hydrogen) atoms. The molecule has 3 amide bonds. The summed E-state index contributed by atoms with van der Waals surface area (Å²) in [6.07, 6.45) is -5.42. The molecule has 3 heterocycles. The number of carbonyl (C=O) groups is 4. The average molecular weight is 425 g/mol. The molecule has 9 nitrogen and oxygen atoms in total. The summed E-state index contributed by atoms with van der Waals surface area (Å²) in [7, 11) is 0. The second-order valence-electron chi connectivity index (χ2n) is 7.27. The Balaban J connectivity index is 1.76. The van der Waals surface area contributed by atoms with Crippen LogP contribution in [0.4, 0.5) is 17.6 Å². The third-order valence-corrected chi connectivity index (χ3v) is 5.16. The van der Waals surface area contributed by atoms with Gasteiger partial charge in [-0.25, -0.2) is 4.79 Å². The zero-order chi connectivity index (χ0) is 21.6. The molecule has 0 saturated carbocycles. The molecule has 0 unspecified atom stereocenters. The van der Waals surface area contributed by atoms with Crippen LogP contribution in [0.25, 0.3) is 0 Å². The number of aliphatic hydroxyl groups excluding tert-OH is 1. The van der Waals surface area contributed by atoms with Crippen molar-refractivity contribution in [2.45, 2.75) is 61.8 Å². The first kappa shape index (κ1) is 21.3. The molecular formula is C16H19F4N3O6. The molecule has 0 spiro atoms. The van der Waals surface area contributed by atoms with E-state index in [4.69, 9.17) is 0 Å². The van der Waals surface area contributed by atoms with Crippen LogP contribution >= 0.6 is 0 Å². The molecule has 0 aromatic rings. The van der Waals surface area contributed by atoms with E-state index in [1.165, 1.54) is 0 Å². The summed E-state index contributed by atoms with van der Waals surface area (Å²) in [6.45, 7) is 0.0880. The number of halogens is 4. The highest BCUT2D eigenvalue weighted by atomic mass is 19.3. The Bertz CT molecular complexity index is 711. The van der Waals surface area contributed by atoms with Gasteiger partial charge < -0.3 is 25.4 Å². The molecule has 0 bridgehead atoms. The molecule has 13 heteroatoms. The van der Waals surface area contributed by atoms with E-state index < -0.39 is 72.7 Å². The van der Waals surface area contributed by atoms with E-state index in [9.17, 15) is 41.8 Å². The van der Waals surface area contributed by atoms with Gasteiger partial charge in [0.15, 0.2) is 6.10 Å². The Kier molecular flexibility index (Phi) is 5.45. The molecule has 0 aromatic carbocycles. The lowest BCUT2D eigenvalue weighted by molar-refractivity contribution is -0.221. The summed E-state index contributed by atoms with van der Waals surface area (Å²) in [4.78, 5) is 46.9. The van der Waals surface area contributed by atoms with E-state index >= 15 is 0 Å². The summed E-state index contributed by atoms with van der Waals surface area (Å²) in [6, 6.07) is -2.98. The maximum Gasteiger partial charge on any atom is 0.380 e. The number of ether oxygens (including phenoxy) is 1. The monoisotopic (exact) mass is 425 g/mol. The molecule has 3 aliphatic heterocycles. The number of carbonyl (C=O) groups excluding carboxylic acids is 4. The third-order valence-electron chi connectivity index (χ3n) is 5.16. The number of esters is 1. The Labute approximate surface area is 161 Å². The fourth-order valence-corrected chi connectivity index (χ4v) is 3.37. The first-order valence-electron chi connectivity index (χ1n) is 8.97. The highest BCUT2D eigenvalue weighted by molar-refractivity contribution is 5.88. The fourth-order valence-electron chi connectivity index (χ4n) is 3.37. The van der Waals surface area contributed by atoms with Crippen molar-refractivity contribution in [3.8, 4) is 0 Å². The SMILES string of the molecule is O=C1C[C@@H]([C@H](O)C(F)(F)C(=O)O[C@H]([C@H]2CC(=O)N2)C(F)(F)C(=O)N2CCCC2)N1. The van der Waals surface area contributed by atoms with Gasteiger partial charge in [-0.1, -0.05) is 0 Å². The van der Waals surface area contributed by atoms with Gasteiger partial charge in [0.05, 0.1) is 18.5 Å². The lowest BCUT2D eigenvalue weighted by Gasteiger charge is -2.39. The highest BCUT2D eigenvalue weighted by Crippen LogP contribution is 2.34. The van der Waals surface area contributed by atoms with Crippen LogP contribution in [-0.4, -0.2) is 82.9 Å². The van der Waals surface area contributed by atoms with Gasteiger partial charge in [0.1, 0.15) is 6.10 Å². The van der Waals surface area contributed by atoms with Crippen LogP contribution < -0.4 is 10.6 Å². The largest absolute Gasteiger partial charge is 0.449 e. The number of hydrogen-bond acceptors (Lipinski definition) is 6. The van der Waals surface area contributed by atoms with Crippen molar-refractivity contribution < 1.29 is 46.6 Å². The predicted molar refractivity (Wildman–Crippen MR) is 84.7 cm³/mol. The van der Waals surface area contributed by atoms with Gasteiger partial charge in [-0.15, -0.1) is 0 Å². The van der Waals surface area contributed by atoms with Crippen molar-refractivity contribution in [2.75, 3.05) is 13.1 Å². The number of hydrogen-bond donors (Lipinski definition) is 3. The molecule has 3 aliphatic rings. The summed E-state index contributed by atoms with van der Waals surface area (Å²) in [5.41, 5.74) is 0. The number of aliphatic hydroxyl groups is 1. The molecule has 162 valence electrons. The van der Waals surface area contributed by atoms with Crippen LogP contribution in [0.15, 0.2) is 0 Å². The number of nitrogens with zero attached hydrogens (tertiary/aromatic N) is 1. The quantitative estimate of drug-likeness (QED) is 0.271. The number of nitrogens with one attached hydrogen (secondary N) is 2. The summed E-state index contributed by atoms with van der Waals surface area (Å²) >= 11 is 0. The molecule has 3 rings (SSSR count). The minimum Gasteiger partial charge on any atom is -0.449 e. The lowest BCUT2D eigenvalue weighted by atomic mass is 9.93. The van der Waals surface area contributed by atoms with Crippen LogP contribution in [0.2, 0.25) is 0 Å². The number of alkyl halides is 4. The minimum absolute atomic E-state index is 0.0440. The van der Waals surface area contributed by atoms with E-state index in [0.717, 1.165) is 4.90 Å². The van der Waals surface area contributed by atoms with Gasteiger partial charge in [-0.3, -0.25) is 14.4 Å². The zero-order valence-corrected chi connectivity index (χ0v) is 15.0. The summed E-state index contributed by atoms with van der Waals surface area (Å²) < 4.78 is 62.3. The number of amides is 3. The number of rotatable bonds is 7. The van der Waals surface area contributed by atoms with E-state index in [0.29, 0.717) is 12.8 Å². The normalized spacial score (nSPS) is 26.6. The van der Waals surface area contributed by atoms with E-state index in [-0.39, 0.29) is 13.1 Å². The Morgan fingerprint density at radius 2 is 1.48 bits per heavy atom. The van der Waals surface area contributed by atoms with Crippen molar-refractivity contribution >= 4 is 23.7 Å². The van der Waals surface area contributed by atoms with Gasteiger partial charge in [0, 0.05) is 19.5 Å². The molecule has 3 fully saturated rings. The van der Waals surface area contributed by atoms with E-state index in [1.807, 2.05) is 10.6 Å². The Hall–Kier alpha value is -2.44. The Morgan fingerprint density at radius 1 is 1.00 bits per heavy atom. The Morgan fingerprint density at radius 3 is 1.97 bits per heavy atom. The molecule has 3 N–H and O–H groups in total. The maximum atomic E-state index is 14.8. The van der Waals surface area contributed by atoms with Crippen LogP contribution in [0.1, 0.15) is 25.7 Å². The van der Waals surface area contributed by atoms with Gasteiger partial charge >= 0.3 is 17.8 Å². The predicted octanol–water partition coefficient (Wildman–Crippen LogP) is -1.07. The second kappa shape index (κ2) is 7.43. The van der Waals surface area contributed by atoms with E-state index in [1.54, 1.807) is 0 Å². The van der Waals surface area contributed by atoms with Gasteiger partial charge in [-0.2, -0.15) is 17.6 Å². The van der Waals surface area contributed by atoms with Gasteiger partial charge in [0.25, 0.3) is 5.91 Å². The van der Waals surface area contributed by atoms with Crippen molar-refractivity contribution in [2.24, 2.45) is 0 Å². The van der Waals surface area contributed by atoms with Crippen LogP contribution in [-0.2, 0) is 23.9 Å². The third kappa shape index (κ3) is 3.87. The van der Waals surface area contributed by atoms with Crippen LogP contribution in [0.3, 0.4) is 0 Å². The summed E-state index contributed by atoms with van der Waals surface area (Å²) in [5, 5.41) is 13.6. The molecule has 4 atom stereocenters. The maximum absolute atomic E-state index is 14.8. The molecule has 0 radical (unpaired) electrons. The van der Waals surface area contributed by atoms with Crippen LogP contribution in [0.5, 0.6) is 0 Å². The van der Waals surface area contributed by atoms with Crippen molar-refractivity contribution in [3.05, 3.63) is 0 Å². The average Bonchev–Trinajstić information content (AvgIpc) is 3.13. The topological polar surface area (TPSA) is 125 Å². The molecule has 0 aromatic heterocycles. The molecular weight excluding hydrogens is 406 g/mol. The zero-order valence-electron chi connectivity index (χ0n) is 15.0. The van der Waals surface area contributed by atoms with Crippen molar-refractivity contribution in [1.82, 2.24) is 15.5 Å². The number of β-lactam (4-membered cyclic amide) rings is 2. The van der Waals surface area contributed by atoms with E-state index in [2.05, 4.69) is 4.74 Å². The highest BCUT2D eigenvalue weighted by Gasteiger charge is 2.61. The number of likely N-dealkylation sites (tertiary alicyclic amines) is 1. The van der Waals surface area contributed by atoms with Gasteiger partial charge in [-0.05, 0) is 12.8 Å². The smallest absolute Gasteiger partial charge is 0.380 e. The van der Waals surface area contributed by atoms with Gasteiger partial charge in [0.2, 0.25) is 11.8 Å². The lowest BCUT2D eigenvalue weighted by Crippen LogP contribution is -2.66. The van der Waals surface area contributed by atoms with Crippen molar-refractivity contribution in [3.63, 3.8) is 0 Å². The first-order chi connectivity index (χ1) is 13.4. The second-order valence-corrected chi connectivity index (χ2v) is 7.27. The molecule has 0 aliphatic carbocycles. The summed E-state index contributed by atoms with van der Waals surface area (Å²) in [5.74, 6) is -14.5. The fraction of sp³-hybridized carbons (Fsp3) is 0.750. The van der Waals surface area contributed by atoms with Crippen LogP contribution in [0, 0.1) is 0 Å².